The zero-order chi connectivity index (χ0) is 7.56. The molecule has 0 amide bonds. The summed E-state index contributed by atoms with van der Waals surface area (Å²) in [5.74, 6) is -0.144. The van der Waals surface area contributed by atoms with E-state index in [2.05, 4.69) is 0 Å². The molecule has 1 aliphatic rings. The Morgan fingerprint density at radius 2 is 2.50 bits per heavy atom. The molecule has 2 unspecified atom stereocenters. The van der Waals surface area contributed by atoms with Crippen LogP contribution in [0, 0.1) is 5.92 Å². The molecule has 1 rings (SSSR count). The topological polar surface area (TPSA) is 38.8 Å². The Hall–Kier alpha value is -0.570. The van der Waals surface area contributed by atoms with Gasteiger partial charge in [0.05, 0.1) is 5.92 Å². The molecule has 0 aromatic heterocycles. The van der Waals surface area contributed by atoms with Crippen LogP contribution in [0.1, 0.15) is 20.3 Å². The van der Waals surface area contributed by atoms with Gasteiger partial charge in [0, 0.05) is 0 Å². The van der Waals surface area contributed by atoms with Gasteiger partial charge in [-0.15, -0.1) is 0 Å². The quantitative estimate of drug-likeness (QED) is 0.437. The maximum atomic E-state index is 10.9. The maximum absolute atomic E-state index is 10.9. The van der Waals surface area contributed by atoms with Crippen LogP contribution in [0.2, 0.25) is 0 Å². The second-order valence-electron chi connectivity index (χ2n) is 2.51. The van der Waals surface area contributed by atoms with Crippen LogP contribution in [0.3, 0.4) is 0 Å². The van der Waals surface area contributed by atoms with Gasteiger partial charge in [0.1, 0.15) is 6.61 Å². The highest BCUT2D eigenvalue weighted by molar-refractivity contribution is 5.72. The Balaban J connectivity index is 2.18. The van der Waals surface area contributed by atoms with Gasteiger partial charge in [-0.05, 0) is 6.42 Å². The van der Waals surface area contributed by atoms with Gasteiger partial charge in [-0.2, -0.15) is 0 Å². The minimum absolute atomic E-state index is 0.00389. The van der Waals surface area contributed by atoms with Gasteiger partial charge in [-0.1, -0.05) is 13.8 Å². The first kappa shape index (κ1) is 7.54. The van der Waals surface area contributed by atoms with Crippen LogP contribution in [-0.2, 0) is 14.3 Å². The summed E-state index contributed by atoms with van der Waals surface area (Å²) in [5, 5.41) is 0. The van der Waals surface area contributed by atoms with E-state index in [0.717, 1.165) is 6.42 Å². The Kier molecular flexibility index (Phi) is 2.27. The summed E-state index contributed by atoms with van der Waals surface area (Å²) in [6.07, 6.45) is 0.590. The normalized spacial score (nSPS) is 25.6. The highest BCUT2D eigenvalue weighted by Gasteiger charge is 2.28. The number of ether oxygens (including phenoxy) is 2. The number of carbonyl (C=O) groups is 1. The van der Waals surface area contributed by atoms with E-state index >= 15 is 0 Å². The minimum atomic E-state index is -0.235. The van der Waals surface area contributed by atoms with E-state index < -0.39 is 0 Å². The first-order chi connectivity index (χ1) is 4.74. The Bertz CT molecular complexity index is 129. The van der Waals surface area contributed by atoms with Crippen LogP contribution in [0.15, 0.2) is 0 Å². The van der Waals surface area contributed by atoms with Crippen molar-refractivity contribution in [2.45, 2.75) is 26.6 Å². The van der Waals surface area contributed by atoms with Crippen molar-refractivity contribution >= 4 is 5.97 Å². The molecule has 2 atom stereocenters. The van der Waals surface area contributed by atoms with Crippen molar-refractivity contribution in [1.82, 2.24) is 0 Å². The summed E-state index contributed by atoms with van der Waals surface area (Å²) in [6.45, 7) is 4.38. The third-order valence-corrected chi connectivity index (χ3v) is 1.57. The van der Waals surface area contributed by atoms with Gasteiger partial charge >= 0.3 is 5.97 Å². The Labute approximate surface area is 60.3 Å². The summed E-state index contributed by atoms with van der Waals surface area (Å²) in [5.41, 5.74) is 0. The van der Waals surface area contributed by atoms with Gasteiger partial charge in [0.15, 0.2) is 0 Å². The summed E-state index contributed by atoms with van der Waals surface area (Å²) >= 11 is 0. The summed E-state index contributed by atoms with van der Waals surface area (Å²) < 4.78 is 9.58. The monoisotopic (exact) mass is 144 g/mol. The number of epoxide rings is 1. The number of hydrogen-bond donors (Lipinski definition) is 0. The molecule has 58 valence electrons. The molecule has 3 nitrogen and oxygen atoms in total. The van der Waals surface area contributed by atoms with Crippen LogP contribution in [-0.4, -0.2) is 18.9 Å². The SMILES string of the molecule is CCC(C)C(=O)OC1CO1. The molecule has 1 fully saturated rings. The third kappa shape index (κ3) is 1.99. The van der Waals surface area contributed by atoms with E-state index in [1.165, 1.54) is 0 Å². The van der Waals surface area contributed by atoms with E-state index in [1.807, 2.05) is 13.8 Å². The van der Waals surface area contributed by atoms with Crippen molar-refractivity contribution in [2.24, 2.45) is 5.92 Å². The van der Waals surface area contributed by atoms with Crippen molar-refractivity contribution < 1.29 is 14.3 Å². The molecule has 3 heteroatoms. The van der Waals surface area contributed by atoms with E-state index in [-0.39, 0.29) is 18.2 Å². The number of esters is 1. The van der Waals surface area contributed by atoms with Crippen LogP contribution >= 0.6 is 0 Å². The molecule has 10 heavy (non-hydrogen) atoms. The Morgan fingerprint density at radius 1 is 1.90 bits per heavy atom. The van der Waals surface area contributed by atoms with Crippen LogP contribution in [0.5, 0.6) is 0 Å². The predicted octanol–water partition coefficient (Wildman–Crippen LogP) is 0.932. The largest absolute Gasteiger partial charge is 0.433 e. The summed E-state index contributed by atoms with van der Waals surface area (Å²) in [4.78, 5) is 10.9. The van der Waals surface area contributed by atoms with Gasteiger partial charge in [0.2, 0.25) is 6.29 Å². The lowest BCUT2D eigenvalue weighted by Gasteiger charge is -2.05. The smallest absolute Gasteiger partial charge is 0.311 e. The van der Waals surface area contributed by atoms with Crippen LogP contribution in [0.25, 0.3) is 0 Å². The summed E-state index contributed by atoms with van der Waals surface area (Å²) in [7, 11) is 0. The molecule has 0 radical (unpaired) electrons. The lowest BCUT2D eigenvalue weighted by Crippen LogP contribution is -2.15. The lowest BCUT2D eigenvalue weighted by atomic mass is 10.1. The van der Waals surface area contributed by atoms with E-state index in [0.29, 0.717) is 6.61 Å². The fourth-order valence-corrected chi connectivity index (χ4v) is 0.520. The molecule has 0 N–H and O–H groups in total. The fraction of sp³-hybridized carbons (Fsp3) is 0.857. The average Bonchev–Trinajstić information content (AvgIpc) is 2.70. The second-order valence-corrected chi connectivity index (χ2v) is 2.51. The molecule has 0 bridgehead atoms. The second kappa shape index (κ2) is 3.01. The van der Waals surface area contributed by atoms with Crippen molar-refractivity contribution in [2.75, 3.05) is 6.61 Å². The van der Waals surface area contributed by atoms with Gasteiger partial charge in [-0.3, -0.25) is 4.79 Å². The molecule has 1 aliphatic heterocycles. The minimum Gasteiger partial charge on any atom is -0.433 e. The van der Waals surface area contributed by atoms with Crippen molar-refractivity contribution in [3.8, 4) is 0 Å². The van der Waals surface area contributed by atoms with Crippen molar-refractivity contribution in [3.05, 3.63) is 0 Å². The lowest BCUT2D eigenvalue weighted by molar-refractivity contribution is -0.152. The zero-order valence-electron chi connectivity index (χ0n) is 6.29. The zero-order valence-corrected chi connectivity index (χ0v) is 6.29. The molecule has 0 aliphatic carbocycles. The number of rotatable bonds is 3. The third-order valence-electron chi connectivity index (χ3n) is 1.57. The maximum Gasteiger partial charge on any atom is 0.311 e. The van der Waals surface area contributed by atoms with Gasteiger partial charge in [-0.25, -0.2) is 0 Å². The van der Waals surface area contributed by atoms with E-state index in [9.17, 15) is 4.79 Å². The highest BCUT2D eigenvalue weighted by atomic mass is 16.8. The first-order valence-electron chi connectivity index (χ1n) is 3.56. The molecule has 1 heterocycles. The summed E-state index contributed by atoms with van der Waals surface area (Å²) in [6, 6.07) is 0. The fourth-order valence-electron chi connectivity index (χ4n) is 0.520. The van der Waals surface area contributed by atoms with E-state index in [1.54, 1.807) is 0 Å². The van der Waals surface area contributed by atoms with Crippen molar-refractivity contribution in [3.63, 3.8) is 0 Å². The number of carbonyl (C=O) groups excluding carboxylic acids is 1. The average molecular weight is 144 g/mol. The Morgan fingerprint density at radius 3 is 2.90 bits per heavy atom. The number of hydrogen-bond acceptors (Lipinski definition) is 3. The van der Waals surface area contributed by atoms with Gasteiger partial charge in [0.25, 0.3) is 0 Å². The molecule has 0 aromatic rings. The molecule has 0 saturated carbocycles. The molecule has 1 saturated heterocycles. The van der Waals surface area contributed by atoms with Crippen molar-refractivity contribution in [1.29, 1.82) is 0 Å². The first-order valence-corrected chi connectivity index (χ1v) is 3.56. The molecular weight excluding hydrogens is 132 g/mol. The van der Waals surface area contributed by atoms with Gasteiger partial charge < -0.3 is 9.47 Å². The molecule has 0 spiro atoms. The molecule has 0 aromatic carbocycles. The molecular formula is C7H12O3. The van der Waals surface area contributed by atoms with Crippen LogP contribution < -0.4 is 0 Å². The highest BCUT2D eigenvalue weighted by Crippen LogP contribution is 2.14. The standard InChI is InChI=1S/C7H12O3/c1-3-5(2)7(8)10-6-4-9-6/h5-6H,3-4H2,1-2H3. The predicted molar refractivity (Wildman–Crippen MR) is 35.3 cm³/mol. The van der Waals surface area contributed by atoms with E-state index in [4.69, 9.17) is 9.47 Å². The van der Waals surface area contributed by atoms with Crippen LogP contribution in [0.4, 0.5) is 0 Å².